The summed E-state index contributed by atoms with van der Waals surface area (Å²) in [5.74, 6) is -2.28. The maximum atomic E-state index is 12.4. The van der Waals surface area contributed by atoms with Crippen LogP contribution in [0.2, 0.25) is 0 Å². The summed E-state index contributed by atoms with van der Waals surface area (Å²) in [5.41, 5.74) is 0.889. The first-order valence-electron chi connectivity index (χ1n) is 24.0. The Kier molecular flexibility index (Phi) is 32.6. The molecule has 61 heavy (non-hydrogen) atoms. The van der Waals surface area contributed by atoms with Gasteiger partial charge in [-0.2, -0.15) is 0 Å². The summed E-state index contributed by atoms with van der Waals surface area (Å²) < 4.78 is 40.4. The van der Waals surface area contributed by atoms with Gasteiger partial charge in [-0.15, -0.1) is 0 Å². The molecule has 12 nitrogen and oxygen atoms in total. The van der Waals surface area contributed by atoms with Crippen LogP contribution in [0.5, 0.6) is 0 Å². The number of hydrogen-bond acceptors (Lipinski definition) is 12. The van der Waals surface area contributed by atoms with Crippen molar-refractivity contribution in [2.45, 2.75) is 253 Å². The van der Waals surface area contributed by atoms with Crippen LogP contribution in [-0.2, 0) is 57.1 Å². The van der Waals surface area contributed by atoms with Gasteiger partial charge in [-0.1, -0.05) is 156 Å². The first-order valence-corrected chi connectivity index (χ1v) is 24.0. The largest absolute Gasteiger partial charge is 0.463 e. The average molecular weight is 867 g/mol. The van der Waals surface area contributed by atoms with E-state index < -0.39 is 60.7 Å². The third-order valence-electron chi connectivity index (χ3n) is 11.0. The van der Waals surface area contributed by atoms with Crippen LogP contribution in [-0.4, -0.2) is 79.9 Å². The molecule has 0 radical (unpaired) electrons. The fourth-order valence-electron chi connectivity index (χ4n) is 7.87. The van der Waals surface area contributed by atoms with Crippen LogP contribution in [0.3, 0.4) is 0 Å². The Bertz CT molecular complexity index is 1230. The lowest BCUT2D eigenvalue weighted by Crippen LogP contribution is -2.63. The maximum absolute atomic E-state index is 12.4. The monoisotopic (exact) mass is 867 g/mol. The van der Waals surface area contributed by atoms with Crippen molar-refractivity contribution in [2.24, 2.45) is 5.92 Å². The summed E-state index contributed by atoms with van der Waals surface area (Å²) in [4.78, 5) is 61.0. The summed E-state index contributed by atoms with van der Waals surface area (Å²) >= 11 is 0. The molecule has 0 aliphatic carbocycles. The first-order chi connectivity index (χ1) is 29.2. The van der Waals surface area contributed by atoms with Gasteiger partial charge in [0.25, 0.3) is 0 Å². The van der Waals surface area contributed by atoms with E-state index in [1.807, 2.05) is 6.08 Å². The maximum Gasteiger partial charge on any atom is 0.303 e. The second-order valence-corrected chi connectivity index (χ2v) is 17.5. The second-order valence-electron chi connectivity index (χ2n) is 17.5. The lowest BCUT2D eigenvalue weighted by molar-refractivity contribution is -0.306. The van der Waals surface area contributed by atoms with Crippen LogP contribution in [0.15, 0.2) is 11.6 Å². The SMILES string of the molecule is CCCCCCCCCCCCCC/C(=C/[C@@H](CCCCCCCCCCCCC(C)C)OC(C)=O)CO[C@@H]1O[C@H](COC(C)=O)[C@@H](OC(C)=O)[C@H](OC(C)=O)[C@H]1OC(C)=O. The quantitative estimate of drug-likeness (QED) is 0.0255. The molecule has 1 heterocycles. The molecular weight excluding hydrogens is 781 g/mol. The van der Waals surface area contributed by atoms with Crippen molar-refractivity contribution in [3.63, 3.8) is 0 Å². The molecule has 1 saturated heterocycles. The minimum atomic E-state index is -1.32. The van der Waals surface area contributed by atoms with Crippen molar-refractivity contribution in [3.8, 4) is 0 Å². The fourth-order valence-corrected chi connectivity index (χ4v) is 7.87. The highest BCUT2D eigenvalue weighted by Gasteiger charge is 2.52. The molecule has 0 bridgehead atoms. The lowest BCUT2D eigenvalue weighted by Gasteiger charge is -2.44. The molecule has 1 fully saturated rings. The van der Waals surface area contributed by atoms with Gasteiger partial charge in [-0.25, -0.2) is 0 Å². The number of rotatable bonds is 36. The van der Waals surface area contributed by atoms with Crippen LogP contribution in [0.1, 0.15) is 216 Å². The summed E-state index contributed by atoms with van der Waals surface area (Å²) in [6.45, 7) is 12.7. The highest BCUT2D eigenvalue weighted by atomic mass is 16.7. The average Bonchev–Trinajstić information content (AvgIpc) is 3.17. The van der Waals surface area contributed by atoms with Gasteiger partial charge in [0.15, 0.2) is 24.6 Å². The van der Waals surface area contributed by atoms with Crippen molar-refractivity contribution < 1.29 is 57.1 Å². The molecule has 0 aromatic rings. The minimum Gasteiger partial charge on any atom is -0.463 e. The Labute approximate surface area is 369 Å². The Morgan fingerprint density at radius 1 is 0.525 bits per heavy atom. The minimum absolute atomic E-state index is 0.0288. The van der Waals surface area contributed by atoms with Crippen LogP contribution in [0, 0.1) is 5.92 Å². The molecular formula is C49H86O12. The van der Waals surface area contributed by atoms with E-state index in [9.17, 15) is 24.0 Å². The predicted octanol–water partition coefficient (Wildman–Crippen LogP) is 11.4. The van der Waals surface area contributed by atoms with E-state index in [0.29, 0.717) is 12.8 Å². The topological polar surface area (TPSA) is 150 Å². The van der Waals surface area contributed by atoms with Gasteiger partial charge < -0.3 is 33.2 Å². The molecule has 1 rings (SSSR count). The molecule has 12 heteroatoms. The third-order valence-corrected chi connectivity index (χ3v) is 11.0. The van der Waals surface area contributed by atoms with Crippen molar-refractivity contribution in [2.75, 3.05) is 13.2 Å². The van der Waals surface area contributed by atoms with E-state index >= 15 is 0 Å². The zero-order valence-electron chi connectivity index (χ0n) is 39.6. The van der Waals surface area contributed by atoms with Gasteiger partial charge in [0.2, 0.25) is 0 Å². The molecule has 0 aromatic heterocycles. The highest BCUT2D eigenvalue weighted by molar-refractivity contribution is 5.69. The molecule has 6 atom stereocenters. The number of ether oxygens (including phenoxy) is 7. The van der Waals surface area contributed by atoms with Gasteiger partial charge in [-0.3, -0.25) is 24.0 Å². The Hall–Kier alpha value is -2.99. The Balaban J connectivity index is 3.10. The molecule has 1 aliphatic heterocycles. The van der Waals surface area contributed by atoms with Crippen LogP contribution in [0.25, 0.3) is 0 Å². The summed E-state index contributed by atoms with van der Waals surface area (Å²) in [7, 11) is 0. The van der Waals surface area contributed by atoms with Gasteiger partial charge >= 0.3 is 29.8 Å². The molecule has 0 spiro atoms. The number of hydrogen-bond donors (Lipinski definition) is 0. The van der Waals surface area contributed by atoms with Crippen LogP contribution >= 0.6 is 0 Å². The normalized spacial score (nSPS) is 19.6. The van der Waals surface area contributed by atoms with Crippen molar-refractivity contribution >= 4 is 29.8 Å². The van der Waals surface area contributed by atoms with Gasteiger partial charge in [0.05, 0.1) is 6.61 Å². The molecule has 0 saturated carbocycles. The summed E-state index contributed by atoms with van der Waals surface area (Å²) in [6.07, 6.45) is 24.6. The molecule has 1 aliphatic rings. The first kappa shape index (κ1) is 56.0. The fraction of sp³-hybridized carbons (Fsp3) is 0.857. The van der Waals surface area contributed by atoms with Crippen molar-refractivity contribution in [1.82, 2.24) is 0 Å². The number of esters is 5. The van der Waals surface area contributed by atoms with E-state index in [1.165, 1.54) is 144 Å². The van der Waals surface area contributed by atoms with Crippen molar-refractivity contribution in [1.29, 1.82) is 0 Å². The highest BCUT2D eigenvalue weighted by Crippen LogP contribution is 2.31. The number of carbonyl (C=O) groups is 5. The summed E-state index contributed by atoms with van der Waals surface area (Å²) in [6, 6.07) is 0. The van der Waals surface area contributed by atoms with Gasteiger partial charge in [-0.05, 0) is 43.3 Å². The van der Waals surface area contributed by atoms with E-state index in [4.69, 9.17) is 33.2 Å². The van der Waals surface area contributed by atoms with Crippen molar-refractivity contribution in [3.05, 3.63) is 11.6 Å². The van der Waals surface area contributed by atoms with Gasteiger partial charge in [0.1, 0.15) is 18.8 Å². The standard InChI is InChI=1S/C49H86O12/c1-9-10-11-12-13-14-15-16-20-23-26-29-32-43(34-44(57-39(5)51)33-30-27-24-21-18-17-19-22-25-28-31-37(2)3)35-56-49-48(60-42(8)54)47(59-41(7)53)46(58-40(6)52)45(61-49)36-55-38(4)50/h34,37,44-49H,9-33,35-36H2,1-8H3/b43-34-/t44-,45-,46-,47+,48-,49-/m1/s1. The van der Waals surface area contributed by atoms with Gasteiger partial charge in [0, 0.05) is 34.6 Å². The van der Waals surface area contributed by atoms with Crippen LogP contribution in [0.4, 0.5) is 0 Å². The lowest BCUT2D eigenvalue weighted by atomic mass is 9.98. The van der Waals surface area contributed by atoms with E-state index in [0.717, 1.165) is 50.0 Å². The molecule has 0 aromatic carbocycles. The zero-order valence-corrected chi connectivity index (χ0v) is 39.6. The molecule has 0 unspecified atom stereocenters. The van der Waals surface area contributed by atoms with E-state index in [-0.39, 0.29) is 19.2 Å². The smallest absolute Gasteiger partial charge is 0.303 e. The molecule has 354 valence electrons. The third kappa shape index (κ3) is 29.9. The molecule has 0 N–H and O–H groups in total. The Morgan fingerprint density at radius 3 is 1.43 bits per heavy atom. The Morgan fingerprint density at radius 2 is 0.967 bits per heavy atom. The van der Waals surface area contributed by atoms with E-state index in [1.54, 1.807) is 0 Å². The van der Waals surface area contributed by atoms with Crippen LogP contribution < -0.4 is 0 Å². The molecule has 0 amide bonds. The predicted molar refractivity (Wildman–Crippen MR) is 237 cm³/mol. The zero-order chi connectivity index (χ0) is 45.3. The van der Waals surface area contributed by atoms with E-state index in [2.05, 4.69) is 20.8 Å². The second kappa shape index (κ2) is 35.5. The number of carbonyl (C=O) groups excluding carboxylic acids is 5. The number of unbranched alkanes of at least 4 members (excludes halogenated alkanes) is 20. The summed E-state index contributed by atoms with van der Waals surface area (Å²) in [5, 5.41) is 0.